The fourth-order valence-electron chi connectivity index (χ4n) is 6.79. The highest BCUT2D eigenvalue weighted by Gasteiger charge is 2.45. The van der Waals surface area contributed by atoms with Gasteiger partial charge in [0, 0.05) is 59.2 Å². The molecule has 1 aliphatic carbocycles. The van der Waals surface area contributed by atoms with Crippen LogP contribution in [0.25, 0.3) is 21.9 Å². The van der Waals surface area contributed by atoms with Gasteiger partial charge in [-0.25, -0.2) is 0 Å². The number of hydrogen-bond donors (Lipinski definition) is 1. The number of carbonyl (C=O) groups excluding carboxylic acids is 4. The molecule has 0 spiro atoms. The minimum Gasteiger partial charge on any atom is -0.507 e. The van der Waals surface area contributed by atoms with Crippen molar-refractivity contribution in [3.05, 3.63) is 63.4 Å². The van der Waals surface area contributed by atoms with Crippen molar-refractivity contribution in [3.63, 3.8) is 0 Å². The number of phenolic OH excluding ortho intramolecular Hbond substituents is 1. The van der Waals surface area contributed by atoms with E-state index in [0.717, 1.165) is 6.08 Å². The molecule has 0 fully saturated rings. The molecular weight excluding hydrogens is 612 g/mol. The molecule has 47 heavy (non-hydrogen) atoms. The summed E-state index contributed by atoms with van der Waals surface area (Å²) in [6, 6.07) is 5.31. The smallest absolute Gasteiger partial charge is 0.303 e. The number of Topliss-reactive ketones (excluding diaryl/α,β-unsaturated/α-hetero) is 1. The van der Waals surface area contributed by atoms with Gasteiger partial charge in [0.25, 0.3) is 0 Å². The number of fused-ring (bicyclic) bond motifs is 4. The molecule has 0 saturated carbocycles. The first-order chi connectivity index (χ1) is 22.4. The molecule has 3 aliphatic rings. The molecule has 0 bridgehead atoms. The highest BCUT2D eigenvalue weighted by Crippen LogP contribution is 2.54. The number of ketones is 2. The normalized spacial score (nSPS) is 21.6. The predicted molar refractivity (Wildman–Crippen MR) is 165 cm³/mol. The van der Waals surface area contributed by atoms with Gasteiger partial charge >= 0.3 is 11.9 Å². The summed E-state index contributed by atoms with van der Waals surface area (Å²) in [6.45, 7) is 5.94. The maximum atomic E-state index is 14.4. The van der Waals surface area contributed by atoms with E-state index in [4.69, 9.17) is 33.2 Å². The summed E-state index contributed by atoms with van der Waals surface area (Å²) in [5.41, 5.74) is 1.73. The fourth-order valence-corrected chi connectivity index (χ4v) is 6.79. The molecule has 3 aromatic rings. The number of aromatic hydroxyl groups is 1. The topological polar surface area (TPSA) is 153 Å². The van der Waals surface area contributed by atoms with Crippen molar-refractivity contribution in [2.45, 2.75) is 65.3 Å². The summed E-state index contributed by atoms with van der Waals surface area (Å²) in [5.74, 6) is -2.42. The lowest BCUT2D eigenvalue weighted by Crippen LogP contribution is -2.33. The summed E-state index contributed by atoms with van der Waals surface area (Å²) in [4.78, 5) is 53.1. The van der Waals surface area contributed by atoms with Gasteiger partial charge in [-0.1, -0.05) is 0 Å². The number of allylic oxidation sites excluding steroid dienone is 2. The molecule has 2 aliphatic heterocycles. The minimum absolute atomic E-state index is 0.109. The SMILES string of the molecule is COC1=CC(=O)c2c(O)c3c(c(-c4c5c(cc6c(OC)cc(OC)cc46)CO[C@@H](C)[C@H]5OC(C)=O)c2C1=O)C(OC(C)=O)C(C)OC3. The van der Waals surface area contributed by atoms with Crippen molar-refractivity contribution in [2.24, 2.45) is 0 Å². The Labute approximate surface area is 270 Å². The Kier molecular flexibility index (Phi) is 8.18. The van der Waals surface area contributed by atoms with Gasteiger partial charge in [0.15, 0.2) is 23.8 Å². The van der Waals surface area contributed by atoms with Crippen LogP contribution in [0.2, 0.25) is 0 Å². The quantitative estimate of drug-likeness (QED) is 0.351. The summed E-state index contributed by atoms with van der Waals surface area (Å²) in [5, 5.41) is 12.8. The molecule has 4 atom stereocenters. The molecule has 246 valence electrons. The van der Waals surface area contributed by atoms with Crippen LogP contribution in [-0.4, -0.2) is 62.1 Å². The average molecular weight is 647 g/mol. The van der Waals surface area contributed by atoms with Gasteiger partial charge in [-0.15, -0.1) is 0 Å². The third kappa shape index (κ3) is 5.08. The van der Waals surface area contributed by atoms with Crippen LogP contribution in [0, 0.1) is 0 Å². The number of methoxy groups -OCH3 is 3. The second-order valence-corrected chi connectivity index (χ2v) is 11.6. The minimum atomic E-state index is -1.12. The van der Waals surface area contributed by atoms with Gasteiger partial charge in [-0.05, 0) is 42.5 Å². The molecule has 1 N–H and O–H groups in total. The van der Waals surface area contributed by atoms with Crippen molar-refractivity contribution in [3.8, 4) is 28.4 Å². The van der Waals surface area contributed by atoms with Crippen molar-refractivity contribution in [1.82, 2.24) is 0 Å². The van der Waals surface area contributed by atoms with E-state index in [0.29, 0.717) is 39.0 Å². The zero-order valence-electron chi connectivity index (χ0n) is 27.0. The molecule has 0 aromatic heterocycles. The number of benzene rings is 3. The van der Waals surface area contributed by atoms with Gasteiger partial charge < -0.3 is 38.3 Å². The Morgan fingerprint density at radius 1 is 0.766 bits per heavy atom. The van der Waals surface area contributed by atoms with E-state index >= 15 is 0 Å². The maximum absolute atomic E-state index is 14.4. The molecule has 3 aromatic carbocycles. The first-order valence-corrected chi connectivity index (χ1v) is 15.0. The lowest BCUT2D eigenvalue weighted by Gasteiger charge is -2.38. The summed E-state index contributed by atoms with van der Waals surface area (Å²) < 4.78 is 40.5. The summed E-state index contributed by atoms with van der Waals surface area (Å²) >= 11 is 0. The number of hydrogen-bond acceptors (Lipinski definition) is 12. The average Bonchev–Trinajstić information content (AvgIpc) is 3.03. The van der Waals surface area contributed by atoms with Crippen molar-refractivity contribution < 1.29 is 57.4 Å². The van der Waals surface area contributed by atoms with Crippen LogP contribution in [0.15, 0.2) is 30.0 Å². The van der Waals surface area contributed by atoms with E-state index in [1.165, 1.54) is 35.2 Å². The zero-order valence-corrected chi connectivity index (χ0v) is 27.0. The number of esters is 2. The standard InChI is InChI=1S/C35H34O12/c1-14-34(46-16(3)36)26-18(12-44-14)8-20-21(9-19(41-5)10-24(20)42-6)27(26)30-28-22(13-45-15(2)35(28)47-17(4)37)32(39)29-23(38)11-25(43-7)33(40)31(29)30/h8-11,14-15,34-35,39H,12-13H2,1-7H3/t14-,15?,34+,35?/m0/s1. The Hall–Kier alpha value is -4.94. The van der Waals surface area contributed by atoms with Gasteiger partial charge in [0.05, 0.1) is 52.3 Å². The molecule has 2 unspecified atom stereocenters. The molecule has 12 nitrogen and oxygen atoms in total. The van der Waals surface area contributed by atoms with E-state index < -0.39 is 53.7 Å². The Bertz CT molecular complexity index is 1900. The van der Waals surface area contributed by atoms with Gasteiger partial charge in [0.2, 0.25) is 5.78 Å². The number of phenols is 1. The summed E-state index contributed by atoms with van der Waals surface area (Å²) in [7, 11) is 4.27. The number of ether oxygens (including phenoxy) is 7. The first-order valence-electron chi connectivity index (χ1n) is 15.0. The zero-order chi connectivity index (χ0) is 33.9. The summed E-state index contributed by atoms with van der Waals surface area (Å²) in [6.07, 6.45) is -2.42. The van der Waals surface area contributed by atoms with Crippen LogP contribution in [0.4, 0.5) is 0 Å². The lowest BCUT2D eigenvalue weighted by molar-refractivity contribution is -0.158. The largest absolute Gasteiger partial charge is 0.507 e. The van der Waals surface area contributed by atoms with E-state index in [1.807, 2.05) is 6.07 Å². The highest BCUT2D eigenvalue weighted by molar-refractivity contribution is 6.28. The molecule has 0 saturated heterocycles. The Morgan fingerprint density at radius 2 is 1.40 bits per heavy atom. The lowest BCUT2D eigenvalue weighted by atomic mass is 9.74. The van der Waals surface area contributed by atoms with Crippen LogP contribution in [0.3, 0.4) is 0 Å². The van der Waals surface area contributed by atoms with Crippen LogP contribution in [-0.2, 0) is 46.5 Å². The van der Waals surface area contributed by atoms with Crippen molar-refractivity contribution in [1.29, 1.82) is 0 Å². The van der Waals surface area contributed by atoms with Crippen LogP contribution in [0.5, 0.6) is 17.2 Å². The third-order valence-corrected chi connectivity index (χ3v) is 8.82. The van der Waals surface area contributed by atoms with Gasteiger partial charge in [-0.2, -0.15) is 0 Å². The van der Waals surface area contributed by atoms with E-state index in [1.54, 1.807) is 26.0 Å². The second-order valence-electron chi connectivity index (χ2n) is 11.6. The molecule has 12 heteroatoms. The predicted octanol–water partition coefficient (Wildman–Crippen LogP) is 5.18. The molecule has 2 heterocycles. The Morgan fingerprint density at radius 3 is 2.00 bits per heavy atom. The Balaban J connectivity index is 1.91. The molecular formula is C35H34O12. The molecule has 0 amide bonds. The monoisotopic (exact) mass is 646 g/mol. The highest BCUT2D eigenvalue weighted by atomic mass is 16.6. The van der Waals surface area contributed by atoms with Crippen LogP contribution < -0.4 is 9.47 Å². The van der Waals surface area contributed by atoms with E-state index in [2.05, 4.69) is 0 Å². The van der Waals surface area contributed by atoms with Crippen molar-refractivity contribution in [2.75, 3.05) is 21.3 Å². The molecule has 6 rings (SSSR count). The first kappa shape index (κ1) is 32.0. The van der Waals surface area contributed by atoms with Crippen molar-refractivity contribution >= 4 is 34.3 Å². The van der Waals surface area contributed by atoms with Crippen LogP contribution >= 0.6 is 0 Å². The third-order valence-electron chi connectivity index (χ3n) is 8.82. The van der Waals surface area contributed by atoms with Gasteiger partial charge in [-0.3, -0.25) is 19.2 Å². The number of carbonyl (C=O) groups is 4. The van der Waals surface area contributed by atoms with E-state index in [9.17, 15) is 24.3 Å². The number of rotatable bonds is 6. The van der Waals surface area contributed by atoms with Gasteiger partial charge in [0.1, 0.15) is 17.2 Å². The van der Waals surface area contributed by atoms with Crippen LogP contribution in [0.1, 0.15) is 82.9 Å². The molecule has 0 radical (unpaired) electrons. The van der Waals surface area contributed by atoms with E-state index in [-0.39, 0.29) is 46.8 Å². The second kappa shape index (κ2) is 12.0. The fraction of sp³-hybridized carbons (Fsp3) is 0.371. The maximum Gasteiger partial charge on any atom is 0.303 e.